The summed E-state index contributed by atoms with van der Waals surface area (Å²) in [6, 6.07) is -0.879. The molecule has 21 heavy (non-hydrogen) atoms. The second-order valence-electron chi connectivity index (χ2n) is 6.14. The number of hydrogen-bond acceptors (Lipinski definition) is 3. The molecule has 3 unspecified atom stereocenters. The molecule has 0 aliphatic carbocycles. The van der Waals surface area contributed by atoms with E-state index < -0.39 is 12.0 Å². The van der Waals surface area contributed by atoms with Gasteiger partial charge in [-0.15, -0.1) is 0 Å². The number of likely N-dealkylation sites (tertiary alicyclic amines) is 1. The summed E-state index contributed by atoms with van der Waals surface area (Å²) in [6.07, 6.45) is 4.52. The van der Waals surface area contributed by atoms with Crippen molar-refractivity contribution in [2.75, 3.05) is 26.7 Å². The first-order valence-corrected chi connectivity index (χ1v) is 7.89. The summed E-state index contributed by atoms with van der Waals surface area (Å²) in [7, 11) is 1.73. The lowest BCUT2D eigenvalue weighted by molar-refractivity contribution is -0.144. The minimum Gasteiger partial charge on any atom is -0.480 e. The Morgan fingerprint density at radius 3 is 2.71 bits per heavy atom. The fourth-order valence-corrected chi connectivity index (χ4v) is 3.26. The van der Waals surface area contributed by atoms with E-state index in [1.807, 2.05) is 0 Å². The third-order valence-corrected chi connectivity index (χ3v) is 4.65. The van der Waals surface area contributed by atoms with Crippen LogP contribution in [0.3, 0.4) is 0 Å². The average molecular weight is 298 g/mol. The van der Waals surface area contributed by atoms with Gasteiger partial charge >= 0.3 is 12.0 Å². The van der Waals surface area contributed by atoms with E-state index in [0.29, 0.717) is 25.4 Å². The fourth-order valence-electron chi connectivity index (χ4n) is 3.26. The van der Waals surface area contributed by atoms with Gasteiger partial charge in [0.05, 0.1) is 6.10 Å². The van der Waals surface area contributed by atoms with E-state index in [9.17, 15) is 14.7 Å². The average Bonchev–Trinajstić information content (AvgIpc) is 2.98. The number of nitrogens with zero attached hydrogens (tertiary/aromatic N) is 2. The second-order valence-corrected chi connectivity index (χ2v) is 6.14. The molecule has 6 nitrogen and oxygen atoms in total. The number of carboxylic acids is 1. The van der Waals surface area contributed by atoms with E-state index in [0.717, 1.165) is 32.3 Å². The first-order valence-electron chi connectivity index (χ1n) is 7.89. The molecule has 0 bridgehead atoms. The Kier molecular flexibility index (Phi) is 5.45. The van der Waals surface area contributed by atoms with Crippen molar-refractivity contribution in [1.82, 2.24) is 9.80 Å². The lowest BCUT2D eigenvalue weighted by atomic mass is 9.89. The number of piperidine rings is 1. The second kappa shape index (κ2) is 7.11. The molecule has 2 saturated heterocycles. The summed E-state index contributed by atoms with van der Waals surface area (Å²) in [6.45, 7) is 3.90. The first kappa shape index (κ1) is 16.1. The quantitative estimate of drug-likeness (QED) is 0.859. The zero-order chi connectivity index (χ0) is 15.4. The predicted octanol–water partition coefficient (Wildman–Crippen LogP) is 1.79. The Morgan fingerprint density at radius 1 is 1.38 bits per heavy atom. The van der Waals surface area contributed by atoms with Gasteiger partial charge in [-0.05, 0) is 31.6 Å². The number of ether oxygens (including phenoxy) is 1. The van der Waals surface area contributed by atoms with Crippen molar-refractivity contribution in [1.29, 1.82) is 0 Å². The van der Waals surface area contributed by atoms with E-state index in [1.54, 1.807) is 11.9 Å². The molecule has 6 heteroatoms. The molecule has 3 atom stereocenters. The van der Waals surface area contributed by atoms with Crippen molar-refractivity contribution < 1.29 is 19.4 Å². The third kappa shape index (κ3) is 3.87. The highest BCUT2D eigenvalue weighted by molar-refractivity contribution is 5.82. The summed E-state index contributed by atoms with van der Waals surface area (Å²) in [5.74, 6) is -0.495. The van der Waals surface area contributed by atoms with Crippen LogP contribution in [-0.4, -0.2) is 65.8 Å². The molecule has 2 aliphatic rings. The van der Waals surface area contributed by atoms with Crippen molar-refractivity contribution in [3.8, 4) is 0 Å². The van der Waals surface area contributed by atoms with E-state index >= 15 is 0 Å². The molecule has 0 aromatic carbocycles. The van der Waals surface area contributed by atoms with Crippen LogP contribution in [0, 0.1) is 5.92 Å². The summed E-state index contributed by atoms with van der Waals surface area (Å²) >= 11 is 0. The van der Waals surface area contributed by atoms with Crippen molar-refractivity contribution in [2.45, 2.75) is 51.2 Å². The zero-order valence-electron chi connectivity index (χ0n) is 13.0. The molecular weight excluding hydrogens is 272 g/mol. The van der Waals surface area contributed by atoms with Gasteiger partial charge < -0.3 is 19.6 Å². The molecule has 2 rings (SSSR count). The van der Waals surface area contributed by atoms with Gasteiger partial charge in [0.2, 0.25) is 0 Å². The molecule has 2 fully saturated rings. The summed E-state index contributed by atoms with van der Waals surface area (Å²) in [4.78, 5) is 27.1. The lowest BCUT2D eigenvalue weighted by Gasteiger charge is -2.39. The van der Waals surface area contributed by atoms with E-state index in [1.165, 1.54) is 4.90 Å². The minimum absolute atomic E-state index is 0.0930. The van der Waals surface area contributed by atoms with Crippen LogP contribution in [0.4, 0.5) is 4.79 Å². The summed E-state index contributed by atoms with van der Waals surface area (Å²) < 4.78 is 5.54. The van der Waals surface area contributed by atoms with Gasteiger partial charge in [-0.2, -0.15) is 0 Å². The van der Waals surface area contributed by atoms with Gasteiger partial charge in [-0.1, -0.05) is 13.3 Å². The monoisotopic (exact) mass is 298 g/mol. The predicted molar refractivity (Wildman–Crippen MR) is 78.1 cm³/mol. The molecule has 2 heterocycles. The zero-order valence-corrected chi connectivity index (χ0v) is 13.0. The molecule has 0 saturated carbocycles. The molecule has 0 spiro atoms. The highest BCUT2D eigenvalue weighted by Gasteiger charge is 2.37. The standard InChI is InChI=1S/C15H26N2O4/c1-3-11-6-7-17(13(9-11)14(18)19)15(20)16(2)10-12-5-4-8-21-12/h11-13H,3-10H2,1-2H3,(H,18,19). The Labute approximate surface area is 126 Å². The third-order valence-electron chi connectivity index (χ3n) is 4.65. The first-order chi connectivity index (χ1) is 10.0. The maximum Gasteiger partial charge on any atom is 0.326 e. The summed E-state index contributed by atoms with van der Waals surface area (Å²) in [5, 5.41) is 9.40. The maximum atomic E-state index is 12.5. The van der Waals surface area contributed by atoms with E-state index in [-0.39, 0.29) is 12.1 Å². The molecule has 120 valence electrons. The molecular formula is C15H26N2O4. The lowest BCUT2D eigenvalue weighted by Crippen LogP contribution is -2.54. The highest BCUT2D eigenvalue weighted by atomic mass is 16.5. The van der Waals surface area contributed by atoms with Crippen molar-refractivity contribution >= 4 is 12.0 Å². The van der Waals surface area contributed by atoms with Crippen LogP contribution in [-0.2, 0) is 9.53 Å². The Hall–Kier alpha value is -1.30. The molecule has 0 radical (unpaired) electrons. The summed E-state index contributed by atoms with van der Waals surface area (Å²) in [5.41, 5.74) is 0. The van der Waals surface area contributed by atoms with Gasteiger partial charge in [0.1, 0.15) is 6.04 Å². The Balaban J connectivity index is 1.96. The van der Waals surface area contributed by atoms with E-state index in [4.69, 9.17) is 4.74 Å². The molecule has 1 N–H and O–H groups in total. The topological polar surface area (TPSA) is 70.1 Å². The van der Waals surface area contributed by atoms with Crippen LogP contribution >= 0.6 is 0 Å². The maximum absolute atomic E-state index is 12.5. The number of carboxylic acid groups (broad SMARTS) is 1. The van der Waals surface area contributed by atoms with Crippen LogP contribution in [0.25, 0.3) is 0 Å². The SMILES string of the molecule is CCC1CCN(C(=O)N(C)CC2CCCO2)C(C(=O)O)C1. The number of carbonyl (C=O) groups excluding carboxylic acids is 1. The number of aliphatic carboxylic acids is 1. The molecule has 0 aromatic rings. The van der Waals surface area contributed by atoms with Crippen LogP contribution in [0.1, 0.15) is 39.0 Å². The number of rotatable bonds is 4. The van der Waals surface area contributed by atoms with Gasteiger partial charge in [0, 0.05) is 26.7 Å². The van der Waals surface area contributed by atoms with Gasteiger partial charge in [-0.25, -0.2) is 9.59 Å². The number of hydrogen-bond donors (Lipinski definition) is 1. The van der Waals surface area contributed by atoms with Crippen molar-refractivity contribution in [3.63, 3.8) is 0 Å². The number of urea groups is 1. The van der Waals surface area contributed by atoms with Crippen LogP contribution in [0.15, 0.2) is 0 Å². The normalized spacial score (nSPS) is 29.4. The highest BCUT2D eigenvalue weighted by Crippen LogP contribution is 2.26. The number of likely N-dealkylation sites (N-methyl/N-ethyl adjacent to an activating group) is 1. The number of amides is 2. The van der Waals surface area contributed by atoms with Gasteiger partial charge in [0.25, 0.3) is 0 Å². The fraction of sp³-hybridized carbons (Fsp3) is 0.867. The minimum atomic E-state index is -0.896. The molecule has 2 aliphatic heterocycles. The smallest absolute Gasteiger partial charge is 0.326 e. The van der Waals surface area contributed by atoms with Crippen LogP contribution in [0.2, 0.25) is 0 Å². The van der Waals surface area contributed by atoms with Crippen molar-refractivity contribution in [3.05, 3.63) is 0 Å². The van der Waals surface area contributed by atoms with Crippen molar-refractivity contribution in [2.24, 2.45) is 5.92 Å². The molecule has 0 aromatic heterocycles. The Morgan fingerprint density at radius 2 is 2.14 bits per heavy atom. The Bertz CT molecular complexity index is 382. The van der Waals surface area contributed by atoms with Gasteiger partial charge in [-0.3, -0.25) is 0 Å². The number of carbonyl (C=O) groups is 2. The largest absolute Gasteiger partial charge is 0.480 e. The van der Waals surface area contributed by atoms with Crippen LogP contribution in [0.5, 0.6) is 0 Å². The molecule has 2 amide bonds. The van der Waals surface area contributed by atoms with Gasteiger partial charge in [0.15, 0.2) is 0 Å². The van der Waals surface area contributed by atoms with Crippen LogP contribution < -0.4 is 0 Å². The van der Waals surface area contributed by atoms with E-state index in [2.05, 4.69) is 6.92 Å².